The zero-order chi connectivity index (χ0) is 9.80. The molecule has 0 aliphatic carbocycles. The fourth-order valence-electron chi connectivity index (χ4n) is 1.25. The van der Waals surface area contributed by atoms with Crippen molar-refractivity contribution in [3.63, 3.8) is 0 Å². The van der Waals surface area contributed by atoms with E-state index >= 15 is 0 Å². The normalized spacial score (nSPS) is 10.4. The van der Waals surface area contributed by atoms with Gasteiger partial charge in [-0.2, -0.15) is 0 Å². The van der Waals surface area contributed by atoms with Crippen LogP contribution in [0, 0.1) is 0 Å². The Morgan fingerprint density at radius 1 is 1.21 bits per heavy atom. The number of aromatic nitrogens is 3. The monoisotopic (exact) mass is 188 g/mol. The second-order valence-corrected chi connectivity index (χ2v) is 3.04. The molecule has 0 bridgehead atoms. The lowest BCUT2D eigenvalue weighted by atomic mass is 10.2. The summed E-state index contributed by atoms with van der Waals surface area (Å²) in [4.78, 5) is 0. The molecule has 2 rings (SSSR count). The average Bonchev–Trinajstić information content (AvgIpc) is 2.67. The lowest BCUT2D eigenvalue weighted by molar-refractivity contribution is 0.174. The van der Waals surface area contributed by atoms with Gasteiger partial charge in [-0.05, 0) is 5.56 Å². The van der Waals surface area contributed by atoms with E-state index in [4.69, 9.17) is 0 Å². The number of nitrogens with zero attached hydrogens (tertiary/aromatic N) is 3. The maximum absolute atomic E-state index is 10.5. The molecule has 0 aliphatic heterocycles. The van der Waals surface area contributed by atoms with Crippen molar-refractivity contribution in [3.05, 3.63) is 47.8 Å². The molecule has 0 saturated carbocycles. The summed E-state index contributed by atoms with van der Waals surface area (Å²) in [6.45, 7) is 0.350. The van der Waals surface area contributed by atoms with E-state index in [1.54, 1.807) is 10.9 Å². The van der Waals surface area contributed by atoms with E-state index in [0.29, 0.717) is 12.2 Å². The van der Waals surface area contributed by atoms with Crippen LogP contribution in [0.2, 0.25) is 0 Å². The molecule has 0 aliphatic rings. The molecular formula is C10H10N3O. The quantitative estimate of drug-likeness (QED) is 0.728. The minimum Gasteiger partial charge on any atom is -0.248 e. The third kappa shape index (κ3) is 1.97. The van der Waals surface area contributed by atoms with Gasteiger partial charge in [0.15, 0.2) is 0 Å². The fourth-order valence-corrected chi connectivity index (χ4v) is 1.25. The predicted molar refractivity (Wildman–Crippen MR) is 50.0 cm³/mol. The zero-order valence-corrected chi connectivity index (χ0v) is 7.63. The molecule has 2 aromatic rings. The Morgan fingerprint density at radius 3 is 2.64 bits per heavy atom. The van der Waals surface area contributed by atoms with E-state index in [1.807, 2.05) is 30.3 Å². The molecule has 0 saturated heterocycles. The molecular weight excluding hydrogens is 178 g/mol. The fraction of sp³-hybridized carbons (Fsp3) is 0.200. The second kappa shape index (κ2) is 4.02. The van der Waals surface area contributed by atoms with Crippen LogP contribution >= 0.6 is 0 Å². The zero-order valence-electron chi connectivity index (χ0n) is 7.63. The molecule has 4 nitrogen and oxygen atoms in total. The van der Waals surface area contributed by atoms with Crippen molar-refractivity contribution in [2.45, 2.75) is 13.2 Å². The van der Waals surface area contributed by atoms with Crippen LogP contribution in [0.25, 0.3) is 0 Å². The number of hydrogen-bond acceptors (Lipinski definition) is 2. The summed E-state index contributed by atoms with van der Waals surface area (Å²) in [7, 11) is 0. The van der Waals surface area contributed by atoms with Gasteiger partial charge in [0.2, 0.25) is 0 Å². The second-order valence-electron chi connectivity index (χ2n) is 3.04. The Kier molecular flexibility index (Phi) is 2.55. The summed E-state index contributed by atoms with van der Waals surface area (Å²) < 4.78 is 1.67. The minimum absolute atomic E-state index is 0.311. The van der Waals surface area contributed by atoms with Crippen LogP contribution in [0.3, 0.4) is 0 Å². The lowest BCUT2D eigenvalue weighted by Crippen LogP contribution is -1.99. The smallest absolute Gasteiger partial charge is 0.128 e. The van der Waals surface area contributed by atoms with E-state index in [1.165, 1.54) is 0 Å². The third-order valence-corrected chi connectivity index (χ3v) is 1.92. The van der Waals surface area contributed by atoms with Crippen LogP contribution in [0.4, 0.5) is 0 Å². The molecule has 0 amide bonds. The first kappa shape index (κ1) is 8.90. The Hall–Kier alpha value is -1.68. The number of rotatable bonds is 3. The average molecular weight is 188 g/mol. The Morgan fingerprint density at radius 2 is 2.00 bits per heavy atom. The Bertz CT molecular complexity index is 397. The molecule has 0 unspecified atom stereocenters. The first-order chi connectivity index (χ1) is 6.88. The Balaban J connectivity index is 2.11. The summed E-state index contributed by atoms with van der Waals surface area (Å²) in [5.74, 6) is 0. The van der Waals surface area contributed by atoms with Crippen molar-refractivity contribution in [1.82, 2.24) is 15.0 Å². The van der Waals surface area contributed by atoms with Crippen LogP contribution in [-0.2, 0) is 18.3 Å². The molecule has 0 atom stereocenters. The first-order valence-electron chi connectivity index (χ1n) is 4.39. The van der Waals surface area contributed by atoms with Gasteiger partial charge in [-0.3, -0.25) is 0 Å². The first-order valence-corrected chi connectivity index (χ1v) is 4.39. The molecule has 1 heterocycles. The van der Waals surface area contributed by atoms with Gasteiger partial charge in [-0.15, -0.1) is 5.10 Å². The van der Waals surface area contributed by atoms with Gasteiger partial charge in [0.05, 0.1) is 12.7 Å². The standard InChI is InChI=1S/C10H10N3O/c14-8-10-7-13(12-11-10)6-9-4-2-1-3-5-9/h1-5,7H,6,8H2. The van der Waals surface area contributed by atoms with Crippen LogP contribution in [0.5, 0.6) is 0 Å². The topological polar surface area (TPSA) is 50.6 Å². The lowest BCUT2D eigenvalue weighted by Gasteiger charge is -1.98. The van der Waals surface area contributed by atoms with E-state index in [-0.39, 0.29) is 6.61 Å². The molecule has 0 spiro atoms. The molecule has 1 aromatic heterocycles. The molecule has 4 heteroatoms. The predicted octanol–water partition coefficient (Wildman–Crippen LogP) is 1.26. The van der Waals surface area contributed by atoms with Crippen LogP contribution < -0.4 is 0 Å². The summed E-state index contributed by atoms with van der Waals surface area (Å²) in [6, 6.07) is 9.94. The Labute approximate surface area is 81.8 Å². The van der Waals surface area contributed by atoms with E-state index in [2.05, 4.69) is 10.3 Å². The molecule has 1 aromatic carbocycles. The summed E-state index contributed by atoms with van der Waals surface area (Å²) in [5, 5.41) is 18.1. The van der Waals surface area contributed by atoms with Crippen molar-refractivity contribution in [1.29, 1.82) is 0 Å². The van der Waals surface area contributed by atoms with Crippen molar-refractivity contribution >= 4 is 0 Å². The SMILES string of the molecule is [O]Cc1cn(Cc2ccccc2)nn1. The molecule has 0 N–H and O–H groups in total. The summed E-state index contributed by atoms with van der Waals surface area (Å²) in [6.07, 6.45) is 1.68. The molecule has 14 heavy (non-hydrogen) atoms. The van der Waals surface area contributed by atoms with Gasteiger partial charge in [-0.1, -0.05) is 35.5 Å². The van der Waals surface area contributed by atoms with Gasteiger partial charge in [-0.25, -0.2) is 9.79 Å². The van der Waals surface area contributed by atoms with Gasteiger partial charge < -0.3 is 0 Å². The number of hydrogen-bond donors (Lipinski definition) is 0. The highest BCUT2D eigenvalue weighted by atomic mass is 16.3. The maximum Gasteiger partial charge on any atom is 0.128 e. The van der Waals surface area contributed by atoms with Gasteiger partial charge in [0.1, 0.15) is 12.3 Å². The van der Waals surface area contributed by atoms with E-state index < -0.39 is 0 Å². The van der Waals surface area contributed by atoms with E-state index in [0.717, 1.165) is 5.56 Å². The van der Waals surface area contributed by atoms with Crippen molar-refractivity contribution < 1.29 is 5.11 Å². The third-order valence-electron chi connectivity index (χ3n) is 1.92. The molecule has 71 valence electrons. The van der Waals surface area contributed by atoms with E-state index in [9.17, 15) is 5.11 Å². The van der Waals surface area contributed by atoms with Crippen LogP contribution in [-0.4, -0.2) is 15.0 Å². The highest BCUT2D eigenvalue weighted by Gasteiger charge is 1.99. The van der Waals surface area contributed by atoms with Crippen molar-refractivity contribution in [2.75, 3.05) is 0 Å². The van der Waals surface area contributed by atoms with Crippen LogP contribution in [0.1, 0.15) is 11.3 Å². The van der Waals surface area contributed by atoms with Gasteiger partial charge in [0, 0.05) is 0 Å². The molecule has 1 radical (unpaired) electrons. The van der Waals surface area contributed by atoms with Crippen molar-refractivity contribution in [3.8, 4) is 0 Å². The highest BCUT2D eigenvalue weighted by molar-refractivity contribution is 5.14. The summed E-state index contributed by atoms with van der Waals surface area (Å²) >= 11 is 0. The molecule has 0 fully saturated rings. The van der Waals surface area contributed by atoms with Gasteiger partial charge in [0.25, 0.3) is 0 Å². The van der Waals surface area contributed by atoms with Gasteiger partial charge >= 0.3 is 0 Å². The van der Waals surface area contributed by atoms with Crippen LogP contribution in [0.15, 0.2) is 36.5 Å². The van der Waals surface area contributed by atoms with Crippen molar-refractivity contribution in [2.24, 2.45) is 0 Å². The number of benzene rings is 1. The largest absolute Gasteiger partial charge is 0.248 e. The minimum atomic E-state index is -0.311. The highest BCUT2D eigenvalue weighted by Crippen LogP contribution is 2.01. The maximum atomic E-state index is 10.5. The summed E-state index contributed by atoms with van der Waals surface area (Å²) in [5.41, 5.74) is 1.63.